The van der Waals surface area contributed by atoms with Crippen LogP contribution in [0.2, 0.25) is 0 Å². The lowest BCUT2D eigenvalue weighted by atomic mass is 9.98. The summed E-state index contributed by atoms with van der Waals surface area (Å²) in [7, 11) is 3.10. The molecule has 0 spiro atoms. The fourth-order valence-electron chi connectivity index (χ4n) is 2.99. The summed E-state index contributed by atoms with van der Waals surface area (Å²) in [4.78, 5) is 11.7. The van der Waals surface area contributed by atoms with E-state index in [1.165, 1.54) is 12.7 Å². The van der Waals surface area contributed by atoms with Crippen molar-refractivity contribution in [3.63, 3.8) is 0 Å². The molecule has 0 fully saturated rings. The molecule has 0 bridgehead atoms. The third-order valence-electron chi connectivity index (χ3n) is 4.37. The standard InChI is InChI=1S/C17H21N3O3/c1-22-14-6-3-12(4-7-14)5-8-15-18-19-16-11-13(17(21)23-2)9-10-20(15)16/h3-4,6-7,13H,5,8-11H2,1-2H3. The number of methoxy groups -OCH3 is 2. The molecule has 1 atom stereocenters. The first kappa shape index (κ1) is 15.5. The van der Waals surface area contributed by atoms with Gasteiger partial charge in [0.05, 0.1) is 20.1 Å². The van der Waals surface area contributed by atoms with Crippen LogP contribution in [0.4, 0.5) is 0 Å². The molecule has 0 saturated carbocycles. The lowest BCUT2D eigenvalue weighted by Gasteiger charge is -2.21. The normalized spacial score (nSPS) is 16.7. The van der Waals surface area contributed by atoms with Crippen molar-refractivity contribution in [2.45, 2.75) is 32.2 Å². The topological polar surface area (TPSA) is 66.2 Å². The van der Waals surface area contributed by atoms with E-state index in [0.717, 1.165) is 43.2 Å². The molecule has 6 nitrogen and oxygen atoms in total. The first-order valence-electron chi connectivity index (χ1n) is 7.83. The predicted octanol–water partition coefficient (Wildman–Crippen LogP) is 1.81. The fraction of sp³-hybridized carbons (Fsp3) is 0.471. The van der Waals surface area contributed by atoms with Crippen LogP contribution in [0.15, 0.2) is 24.3 Å². The number of carbonyl (C=O) groups is 1. The molecule has 0 amide bonds. The highest BCUT2D eigenvalue weighted by Crippen LogP contribution is 2.22. The summed E-state index contributed by atoms with van der Waals surface area (Å²) in [6, 6.07) is 8.07. The third kappa shape index (κ3) is 3.36. The Hall–Kier alpha value is -2.37. The van der Waals surface area contributed by atoms with Crippen LogP contribution >= 0.6 is 0 Å². The van der Waals surface area contributed by atoms with Gasteiger partial charge >= 0.3 is 5.97 Å². The number of benzene rings is 1. The minimum absolute atomic E-state index is 0.0915. The molecule has 0 radical (unpaired) electrons. The smallest absolute Gasteiger partial charge is 0.309 e. The van der Waals surface area contributed by atoms with E-state index in [0.29, 0.717) is 6.42 Å². The monoisotopic (exact) mass is 315 g/mol. The van der Waals surface area contributed by atoms with Gasteiger partial charge in [-0.1, -0.05) is 12.1 Å². The van der Waals surface area contributed by atoms with E-state index in [9.17, 15) is 4.79 Å². The zero-order chi connectivity index (χ0) is 16.2. The molecule has 2 heterocycles. The Morgan fingerprint density at radius 2 is 2.00 bits per heavy atom. The maximum atomic E-state index is 11.7. The van der Waals surface area contributed by atoms with Crippen LogP contribution < -0.4 is 4.74 Å². The first-order valence-corrected chi connectivity index (χ1v) is 7.83. The zero-order valence-electron chi connectivity index (χ0n) is 13.5. The van der Waals surface area contributed by atoms with Gasteiger partial charge < -0.3 is 14.0 Å². The average molecular weight is 315 g/mol. The molecule has 0 saturated heterocycles. The SMILES string of the molecule is COC(=O)C1CCn2c(CCc3ccc(OC)cc3)nnc2C1. The van der Waals surface area contributed by atoms with E-state index in [-0.39, 0.29) is 11.9 Å². The Balaban J connectivity index is 1.64. The minimum Gasteiger partial charge on any atom is -0.497 e. The van der Waals surface area contributed by atoms with Crippen LogP contribution in [-0.4, -0.2) is 35.0 Å². The number of ether oxygens (including phenoxy) is 2. The molecule has 1 aromatic carbocycles. The molecule has 122 valence electrons. The van der Waals surface area contributed by atoms with Crippen molar-refractivity contribution < 1.29 is 14.3 Å². The number of hydrogen-bond donors (Lipinski definition) is 0. The Labute approximate surface area is 135 Å². The van der Waals surface area contributed by atoms with Gasteiger partial charge in [0.1, 0.15) is 17.4 Å². The molecular formula is C17H21N3O3. The van der Waals surface area contributed by atoms with Crippen molar-refractivity contribution in [3.8, 4) is 5.75 Å². The molecule has 0 aliphatic carbocycles. The highest BCUT2D eigenvalue weighted by Gasteiger charge is 2.28. The van der Waals surface area contributed by atoms with Crippen molar-refractivity contribution in [1.82, 2.24) is 14.8 Å². The maximum absolute atomic E-state index is 11.7. The Kier molecular flexibility index (Phi) is 4.60. The summed E-state index contributed by atoms with van der Waals surface area (Å²) < 4.78 is 12.1. The number of nitrogens with zero attached hydrogens (tertiary/aromatic N) is 3. The van der Waals surface area contributed by atoms with Crippen molar-refractivity contribution >= 4 is 5.97 Å². The second kappa shape index (κ2) is 6.81. The largest absolute Gasteiger partial charge is 0.497 e. The predicted molar refractivity (Wildman–Crippen MR) is 84.3 cm³/mol. The number of esters is 1. The quantitative estimate of drug-likeness (QED) is 0.787. The van der Waals surface area contributed by atoms with Crippen LogP contribution in [0, 0.1) is 5.92 Å². The van der Waals surface area contributed by atoms with Gasteiger partial charge in [0.15, 0.2) is 0 Å². The third-order valence-corrected chi connectivity index (χ3v) is 4.37. The molecule has 23 heavy (non-hydrogen) atoms. The van der Waals surface area contributed by atoms with Crippen molar-refractivity contribution in [2.24, 2.45) is 5.92 Å². The van der Waals surface area contributed by atoms with E-state index in [1.807, 2.05) is 12.1 Å². The molecule has 1 unspecified atom stereocenters. The molecule has 6 heteroatoms. The van der Waals surface area contributed by atoms with Crippen LogP contribution in [0.25, 0.3) is 0 Å². The molecule has 1 aromatic heterocycles. The number of rotatable bonds is 5. The lowest BCUT2D eigenvalue weighted by molar-refractivity contribution is -0.146. The first-order chi connectivity index (χ1) is 11.2. The lowest BCUT2D eigenvalue weighted by Crippen LogP contribution is -2.27. The van der Waals surface area contributed by atoms with E-state index in [1.54, 1.807) is 7.11 Å². The highest BCUT2D eigenvalue weighted by atomic mass is 16.5. The van der Waals surface area contributed by atoms with Gasteiger partial charge in [0, 0.05) is 19.4 Å². The summed E-state index contributed by atoms with van der Waals surface area (Å²) >= 11 is 0. The van der Waals surface area contributed by atoms with Crippen molar-refractivity contribution in [3.05, 3.63) is 41.5 Å². The number of hydrogen-bond acceptors (Lipinski definition) is 5. The van der Waals surface area contributed by atoms with Gasteiger partial charge in [-0.25, -0.2) is 0 Å². The Morgan fingerprint density at radius 3 is 2.70 bits per heavy atom. The van der Waals surface area contributed by atoms with Gasteiger partial charge in [-0.15, -0.1) is 10.2 Å². The van der Waals surface area contributed by atoms with E-state index < -0.39 is 0 Å². The summed E-state index contributed by atoms with van der Waals surface area (Å²) in [5.41, 5.74) is 1.24. The van der Waals surface area contributed by atoms with Crippen molar-refractivity contribution in [2.75, 3.05) is 14.2 Å². The van der Waals surface area contributed by atoms with Crippen LogP contribution in [0.3, 0.4) is 0 Å². The molecule has 2 aromatic rings. The van der Waals surface area contributed by atoms with Crippen LogP contribution in [0.5, 0.6) is 5.75 Å². The average Bonchev–Trinajstić information content (AvgIpc) is 3.02. The van der Waals surface area contributed by atoms with E-state index in [2.05, 4.69) is 26.9 Å². The number of aryl methyl sites for hydroxylation is 2. The molecule has 0 N–H and O–H groups in total. The zero-order valence-corrected chi connectivity index (χ0v) is 13.5. The molecule has 1 aliphatic heterocycles. The minimum atomic E-state index is -0.154. The Bertz CT molecular complexity index is 679. The molecular weight excluding hydrogens is 294 g/mol. The summed E-state index contributed by atoms with van der Waals surface area (Å²) in [5.74, 6) is 2.49. The molecule has 3 rings (SSSR count). The number of carbonyl (C=O) groups excluding carboxylic acids is 1. The van der Waals surface area contributed by atoms with E-state index >= 15 is 0 Å². The number of aromatic nitrogens is 3. The maximum Gasteiger partial charge on any atom is 0.309 e. The highest BCUT2D eigenvalue weighted by molar-refractivity contribution is 5.72. The second-order valence-electron chi connectivity index (χ2n) is 5.75. The Morgan fingerprint density at radius 1 is 1.22 bits per heavy atom. The van der Waals surface area contributed by atoms with Gasteiger partial charge in [-0.05, 0) is 30.5 Å². The van der Waals surface area contributed by atoms with Gasteiger partial charge in [0.2, 0.25) is 0 Å². The van der Waals surface area contributed by atoms with Crippen LogP contribution in [0.1, 0.15) is 23.6 Å². The summed E-state index contributed by atoms with van der Waals surface area (Å²) in [6.07, 6.45) is 3.14. The molecule has 1 aliphatic rings. The fourth-order valence-corrected chi connectivity index (χ4v) is 2.99. The van der Waals surface area contributed by atoms with Gasteiger partial charge in [-0.2, -0.15) is 0 Å². The van der Waals surface area contributed by atoms with Crippen molar-refractivity contribution in [1.29, 1.82) is 0 Å². The van der Waals surface area contributed by atoms with Crippen LogP contribution in [-0.2, 0) is 35.3 Å². The summed E-state index contributed by atoms with van der Waals surface area (Å²) in [5, 5.41) is 8.55. The van der Waals surface area contributed by atoms with E-state index in [4.69, 9.17) is 9.47 Å². The number of fused-ring (bicyclic) bond motifs is 1. The second-order valence-corrected chi connectivity index (χ2v) is 5.75. The van der Waals surface area contributed by atoms with Gasteiger partial charge in [-0.3, -0.25) is 4.79 Å². The summed E-state index contributed by atoms with van der Waals surface area (Å²) in [6.45, 7) is 0.778. The van der Waals surface area contributed by atoms with Gasteiger partial charge in [0.25, 0.3) is 0 Å².